The van der Waals surface area contributed by atoms with Crippen molar-refractivity contribution in [2.45, 2.75) is 51.6 Å². The van der Waals surface area contributed by atoms with Gasteiger partial charge in [0.15, 0.2) is 0 Å². The molecule has 1 aromatic rings. The van der Waals surface area contributed by atoms with E-state index in [1.807, 2.05) is 10.9 Å². The van der Waals surface area contributed by atoms with Crippen LogP contribution in [0, 0.1) is 0 Å². The molecule has 0 saturated heterocycles. The molecule has 1 aliphatic carbocycles. The van der Waals surface area contributed by atoms with Crippen LogP contribution in [0.3, 0.4) is 0 Å². The van der Waals surface area contributed by atoms with Gasteiger partial charge in [-0.15, -0.1) is 0 Å². The molecule has 1 atom stereocenters. The molecule has 1 aromatic heterocycles. The van der Waals surface area contributed by atoms with E-state index in [4.69, 9.17) is 5.73 Å². The Morgan fingerprint density at radius 2 is 2.32 bits per heavy atom. The molecule has 1 aliphatic rings. The van der Waals surface area contributed by atoms with Crippen LogP contribution in [0.5, 0.6) is 0 Å². The Morgan fingerprint density at radius 3 is 2.89 bits per heavy atom. The quantitative estimate of drug-likeness (QED) is 0.743. The summed E-state index contributed by atoms with van der Waals surface area (Å²) in [6.07, 6.45) is 11.4. The van der Waals surface area contributed by atoms with Gasteiger partial charge in [-0.1, -0.05) is 11.6 Å². The zero-order valence-electron chi connectivity index (χ0n) is 12.1. The third-order valence-corrected chi connectivity index (χ3v) is 3.76. The number of nitrogens with one attached hydrogen (secondary N) is 1. The van der Waals surface area contributed by atoms with Gasteiger partial charge in [0.2, 0.25) is 0 Å². The average Bonchev–Trinajstić information content (AvgIpc) is 3.05. The fraction of sp³-hybridized carbons (Fsp3) is 0.667. The lowest BCUT2D eigenvalue weighted by atomic mass is 10.1. The number of nitrogens with two attached hydrogens (primary N) is 1. The second-order valence-electron chi connectivity index (χ2n) is 5.59. The monoisotopic (exact) mass is 262 g/mol. The molecule has 2 rings (SSSR count). The summed E-state index contributed by atoms with van der Waals surface area (Å²) in [5, 5.41) is 7.93. The van der Waals surface area contributed by atoms with Crippen molar-refractivity contribution in [2.75, 3.05) is 13.1 Å². The summed E-state index contributed by atoms with van der Waals surface area (Å²) < 4.78 is 1.99. The van der Waals surface area contributed by atoms with E-state index >= 15 is 0 Å². The summed E-state index contributed by atoms with van der Waals surface area (Å²) in [7, 11) is 0. The minimum absolute atomic E-state index is 0.217. The van der Waals surface area contributed by atoms with Crippen molar-refractivity contribution in [1.29, 1.82) is 0 Å². The Morgan fingerprint density at radius 1 is 1.47 bits per heavy atom. The SMILES string of the molecule is CC(C)n1cc(C(CN)NCCC2=CCCC2)cn1. The van der Waals surface area contributed by atoms with Crippen LogP contribution in [0.4, 0.5) is 0 Å². The maximum Gasteiger partial charge on any atom is 0.0538 e. The predicted octanol–water partition coefficient (Wildman–Crippen LogP) is 2.55. The van der Waals surface area contributed by atoms with Gasteiger partial charge in [0, 0.05) is 30.4 Å². The Bertz CT molecular complexity index is 420. The molecule has 1 heterocycles. The van der Waals surface area contributed by atoms with Crippen LogP contribution in [0.25, 0.3) is 0 Å². The standard InChI is InChI=1S/C15H26N4/c1-12(2)19-11-14(10-18-19)15(9-16)17-8-7-13-5-3-4-6-13/h5,10-12,15,17H,3-4,6-9,16H2,1-2H3. The van der Waals surface area contributed by atoms with Gasteiger partial charge >= 0.3 is 0 Å². The molecule has 0 aliphatic heterocycles. The van der Waals surface area contributed by atoms with E-state index in [9.17, 15) is 0 Å². The van der Waals surface area contributed by atoms with Gasteiger partial charge in [0.25, 0.3) is 0 Å². The van der Waals surface area contributed by atoms with Gasteiger partial charge in [-0.3, -0.25) is 4.68 Å². The van der Waals surface area contributed by atoms with Crippen LogP contribution < -0.4 is 11.1 Å². The van der Waals surface area contributed by atoms with Crippen molar-refractivity contribution in [1.82, 2.24) is 15.1 Å². The first-order chi connectivity index (χ1) is 9.20. The maximum absolute atomic E-state index is 5.87. The summed E-state index contributed by atoms with van der Waals surface area (Å²) in [5.41, 5.74) is 8.66. The van der Waals surface area contributed by atoms with Gasteiger partial charge in [0.05, 0.1) is 6.20 Å². The zero-order chi connectivity index (χ0) is 13.7. The summed E-state index contributed by atoms with van der Waals surface area (Å²) in [4.78, 5) is 0. The third kappa shape index (κ3) is 3.91. The normalized spacial score (nSPS) is 16.9. The highest BCUT2D eigenvalue weighted by Gasteiger charge is 2.12. The molecule has 0 bridgehead atoms. The lowest BCUT2D eigenvalue weighted by molar-refractivity contribution is 0.523. The van der Waals surface area contributed by atoms with Crippen molar-refractivity contribution in [3.8, 4) is 0 Å². The Kier molecular flexibility index (Phi) is 5.16. The van der Waals surface area contributed by atoms with Crippen LogP contribution in [0.2, 0.25) is 0 Å². The average molecular weight is 262 g/mol. The number of allylic oxidation sites excluding steroid dienone is 1. The number of hydrogen-bond acceptors (Lipinski definition) is 3. The second kappa shape index (κ2) is 6.87. The number of rotatable bonds is 7. The van der Waals surface area contributed by atoms with Crippen LogP contribution >= 0.6 is 0 Å². The zero-order valence-corrected chi connectivity index (χ0v) is 12.1. The van der Waals surface area contributed by atoms with Crippen LogP contribution in [-0.2, 0) is 0 Å². The molecule has 19 heavy (non-hydrogen) atoms. The number of hydrogen-bond donors (Lipinski definition) is 2. The minimum Gasteiger partial charge on any atom is -0.329 e. The molecule has 0 radical (unpaired) electrons. The van der Waals surface area contributed by atoms with Crippen molar-refractivity contribution in [3.05, 3.63) is 29.6 Å². The lowest BCUT2D eigenvalue weighted by Gasteiger charge is -2.15. The molecule has 4 nitrogen and oxygen atoms in total. The predicted molar refractivity (Wildman–Crippen MR) is 79.0 cm³/mol. The number of aromatic nitrogens is 2. The van der Waals surface area contributed by atoms with Gasteiger partial charge in [-0.05, 0) is 46.1 Å². The molecule has 3 N–H and O–H groups in total. The van der Waals surface area contributed by atoms with E-state index in [1.54, 1.807) is 5.57 Å². The van der Waals surface area contributed by atoms with E-state index < -0.39 is 0 Å². The second-order valence-corrected chi connectivity index (χ2v) is 5.59. The third-order valence-electron chi connectivity index (χ3n) is 3.76. The Hall–Kier alpha value is -1.13. The van der Waals surface area contributed by atoms with E-state index in [1.165, 1.54) is 24.8 Å². The molecule has 1 unspecified atom stereocenters. The van der Waals surface area contributed by atoms with E-state index in [-0.39, 0.29) is 6.04 Å². The van der Waals surface area contributed by atoms with Crippen molar-refractivity contribution >= 4 is 0 Å². The van der Waals surface area contributed by atoms with Crippen LogP contribution in [-0.4, -0.2) is 22.9 Å². The topological polar surface area (TPSA) is 55.9 Å². The van der Waals surface area contributed by atoms with E-state index in [0.717, 1.165) is 13.0 Å². The largest absolute Gasteiger partial charge is 0.329 e. The molecule has 0 spiro atoms. The highest BCUT2D eigenvalue weighted by molar-refractivity contribution is 5.12. The molecule has 0 aromatic carbocycles. The Balaban J connectivity index is 1.84. The molecule has 0 amide bonds. The highest BCUT2D eigenvalue weighted by Crippen LogP contribution is 2.20. The molecular weight excluding hydrogens is 236 g/mol. The molecule has 106 valence electrons. The minimum atomic E-state index is 0.217. The number of nitrogens with zero attached hydrogens (tertiary/aromatic N) is 2. The summed E-state index contributed by atoms with van der Waals surface area (Å²) in [5.74, 6) is 0. The smallest absolute Gasteiger partial charge is 0.0538 e. The first-order valence-corrected chi connectivity index (χ1v) is 7.36. The van der Waals surface area contributed by atoms with E-state index in [2.05, 4.69) is 36.5 Å². The van der Waals surface area contributed by atoms with Gasteiger partial charge in [0.1, 0.15) is 0 Å². The highest BCUT2D eigenvalue weighted by atomic mass is 15.3. The summed E-state index contributed by atoms with van der Waals surface area (Å²) >= 11 is 0. The van der Waals surface area contributed by atoms with E-state index in [0.29, 0.717) is 12.6 Å². The maximum atomic E-state index is 5.87. The van der Waals surface area contributed by atoms with Crippen molar-refractivity contribution < 1.29 is 0 Å². The summed E-state index contributed by atoms with van der Waals surface area (Å²) in [6.45, 7) is 5.88. The first kappa shape index (κ1) is 14.3. The van der Waals surface area contributed by atoms with Crippen molar-refractivity contribution in [3.63, 3.8) is 0 Å². The van der Waals surface area contributed by atoms with Crippen LogP contribution in [0.1, 0.15) is 57.2 Å². The van der Waals surface area contributed by atoms with Crippen molar-refractivity contribution in [2.24, 2.45) is 5.73 Å². The van der Waals surface area contributed by atoms with Gasteiger partial charge in [-0.25, -0.2) is 0 Å². The first-order valence-electron chi connectivity index (χ1n) is 7.36. The molecule has 0 fully saturated rings. The fourth-order valence-electron chi connectivity index (χ4n) is 2.52. The summed E-state index contributed by atoms with van der Waals surface area (Å²) in [6, 6.07) is 0.616. The van der Waals surface area contributed by atoms with Gasteiger partial charge < -0.3 is 11.1 Å². The van der Waals surface area contributed by atoms with Crippen LogP contribution in [0.15, 0.2) is 24.0 Å². The molecule has 0 saturated carbocycles. The Labute approximate surface area is 116 Å². The lowest BCUT2D eigenvalue weighted by Crippen LogP contribution is -2.28. The molecule has 4 heteroatoms. The molecular formula is C15H26N4. The van der Waals surface area contributed by atoms with Gasteiger partial charge in [-0.2, -0.15) is 5.10 Å². The fourth-order valence-corrected chi connectivity index (χ4v) is 2.52.